The van der Waals surface area contributed by atoms with Gasteiger partial charge in [-0.2, -0.15) is 18.2 Å². The fraction of sp³-hybridized carbons (Fsp3) is 0.278. The maximum absolute atomic E-state index is 13.4. The summed E-state index contributed by atoms with van der Waals surface area (Å²) in [6, 6.07) is 1.25. The van der Waals surface area contributed by atoms with E-state index in [0.29, 0.717) is 12.1 Å². The Balaban J connectivity index is 2.17. The van der Waals surface area contributed by atoms with Gasteiger partial charge in [-0.25, -0.2) is 9.78 Å². The number of halogens is 3. The second kappa shape index (κ2) is 7.74. The number of aromatic nitrogens is 3. The van der Waals surface area contributed by atoms with Crippen molar-refractivity contribution >= 4 is 28.8 Å². The number of hydrogen-bond acceptors (Lipinski definition) is 8. The van der Waals surface area contributed by atoms with Crippen LogP contribution in [0.25, 0.3) is 11.1 Å². The molecule has 10 nitrogen and oxygen atoms in total. The summed E-state index contributed by atoms with van der Waals surface area (Å²) >= 11 is 0. The van der Waals surface area contributed by atoms with E-state index in [1.165, 1.54) is 6.92 Å². The number of amides is 1. The number of esters is 1. The maximum atomic E-state index is 13.4. The molecule has 3 aromatic rings. The number of pyridine rings is 1. The molecule has 164 valence electrons. The van der Waals surface area contributed by atoms with Crippen molar-refractivity contribution in [3.05, 3.63) is 50.9 Å². The Morgan fingerprint density at radius 3 is 2.52 bits per heavy atom. The van der Waals surface area contributed by atoms with Gasteiger partial charge in [0.15, 0.2) is 5.82 Å². The summed E-state index contributed by atoms with van der Waals surface area (Å²) in [5.74, 6) is -2.37. The molecule has 0 aliphatic carbocycles. The van der Waals surface area contributed by atoms with Gasteiger partial charge in [-0.15, -0.1) is 0 Å². The van der Waals surface area contributed by atoms with Crippen LogP contribution in [0.15, 0.2) is 21.3 Å². The quantitative estimate of drug-likeness (QED) is 0.568. The molecule has 31 heavy (non-hydrogen) atoms. The average molecular weight is 439 g/mol. The summed E-state index contributed by atoms with van der Waals surface area (Å²) in [5, 5.41) is 0.0361. The first kappa shape index (κ1) is 21.8. The smallest absolute Gasteiger partial charge is 0.431 e. The topological polar surface area (TPSA) is 156 Å². The van der Waals surface area contributed by atoms with E-state index >= 15 is 0 Å². The van der Waals surface area contributed by atoms with Crippen molar-refractivity contribution in [1.29, 1.82) is 0 Å². The molecular formula is C18H16F3N5O5. The molecule has 0 aliphatic rings. The van der Waals surface area contributed by atoms with Crippen LogP contribution in [-0.2, 0) is 17.5 Å². The number of carbonyl (C=O) groups excluding carboxylic acids is 2. The first-order valence-electron chi connectivity index (χ1n) is 8.79. The number of anilines is 1. The van der Waals surface area contributed by atoms with Crippen molar-refractivity contribution in [3.63, 3.8) is 0 Å². The number of carbonyl (C=O) groups is 2. The molecule has 4 N–H and O–H groups in total. The van der Waals surface area contributed by atoms with E-state index in [1.807, 2.05) is 0 Å². The van der Waals surface area contributed by atoms with Gasteiger partial charge < -0.3 is 20.6 Å². The summed E-state index contributed by atoms with van der Waals surface area (Å²) < 4.78 is 50.8. The number of fused-ring (bicyclic) bond motifs is 1. The summed E-state index contributed by atoms with van der Waals surface area (Å²) in [5.41, 5.74) is 7.53. The average Bonchev–Trinajstić information content (AvgIpc) is 2.98. The molecule has 0 aliphatic heterocycles. The Kier molecular flexibility index (Phi) is 5.44. The normalized spacial score (nSPS) is 11.6. The lowest BCUT2D eigenvalue weighted by molar-refractivity contribution is -0.144. The van der Waals surface area contributed by atoms with E-state index in [9.17, 15) is 27.6 Å². The molecule has 0 unspecified atom stereocenters. The summed E-state index contributed by atoms with van der Waals surface area (Å²) in [6.07, 6.45) is -4.91. The number of furan rings is 1. The summed E-state index contributed by atoms with van der Waals surface area (Å²) in [6.45, 7) is 2.35. The first-order valence-corrected chi connectivity index (χ1v) is 8.79. The molecule has 0 saturated carbocycles. The highest BCUT2D eigenvalue weighted by Crippen LogP contribution is 2.31. The van der Waals surface area contributed by atoms with Crippen molar-refractivity contribution < 1.29 is 31.9 Å². The second-order valence-corrected chi connectivity index (χ2v) is 6.34. The molecule has 0 radical (unpaired) electrons. The second-order valence-electron chi connectivity index (χ2n) is 6.34. The van der Waals surface area contributed by atoms with Crippen LogP contribution in [0.3, 0.4) is 0 Å². The maximum Gasteiger partial charge on any atom is 0.431 e. The van der Waals surface area contributed by atoms with Crippen LogP contribution in [0.4, 0.5) is 19.0 Å². The molecule has 1 amide bonds. The Labute approximate surface area is 171 Å². The molecule has 0 fully saturated rings. The Morgan fingerprint density at radius 1 is 1.26 bits per heavy atom. The third kappa shape index (κ3) is 3.93. The van der Waals surface area contributed by atoms with Gasteiger partial charge in [0.1, 0.15) is 28.4 Å². The summed E-state index contributed by atoms with van der Waals surface area (Å²) in [4.78, 5) is 43.9. The number of primary amides is 1. The summed E-state index contributed by atoms with van der Waals surface area (Å²) in [7, 11) is 0. The number of nitrogen functional groups attached to an aromatic ring is 1. The van der Waals surface area contributed by atoms with Crippen LogP contribution in [0.2, 0.25) is 0 Å². The highest BCUT2D eigenvalue weighted by atomic mass is 19.4. The van der Waals surface area contributed by atoms with Gasteiger partial charge in [0, 0.05) is 0 Å². The molecular weight excluding hydrogens is 423 g/mol. The predicted molar refractivity (Wildman–Crippen MR) is 100 cm³/mol. The lowest BCUT2D eigenvalue weighted by Crippen LogP contribution is -2.34. The van der Waals surface area contributed by atoms with Gasteiger partial charge >= 0.3 is 12.1 Å². The fourth-order valence-corrected chi connectivity index (χ4v) is 3.02. The third-order valence-corrected chi connectivity index (χ3v) is 4.31. The van der Waals surface area contributed by atoms with Crippen molar-refractivity contribution in [2.75, 3.05) is 12.3 Å². The molecule has 3 aromatic heterocycles. The lowest BCUT2D eigenvalue weighted by atomic mass is 10.2. The van der Waals surface area contributed by atoms with Crippen molar-refractivity contribution in [2.45, 2.75) is 26.6 Å². The van der Waals surface area contributed by atoms with Crippen LogP contribution in [0.5, 0.6) is 0 Å². The number of rotatable bonds is 5. The molecule has 3 rings (SSSR count). The van der Waals surface area contributed by atoms with E-state index in [2.05, 4.69) is 9.97 Å². The van der Waals surface area contributed by atoms with E-state index < -0.39 is 41.4 Å². The van der Waals surface area contributed by atoms with Gasteiger partial charge in [0.05, 0.1) is 18.5 Å². The monoisotopic (exact) mass is 439 g/mol. The molecule has 0 saturated heterocycles. The van der Waals surface area contributed by atoms with Gasteiger partial charge in [0.2, 0.25) is 5.71 Å². The number of hydrogen-bond donors (Lipinski definition) is 2. The third-order valence-electron chi connectivity index (χ3n) is 4.31. The Hall–Kier alpha value is -3.90. The molecule has 3 heterocycles. The molecule has 0 atom stereocenters. The fourth-order valence-electron chi connectivity index (χ4n) is 3.02. The molecule has 13 heteroatoms. The van der Waals surface area contributed by atoms with Crippen molar-refractivity contribution in [2.24, 2.45) is 5.73 Å². The molecule has 0 aromatic carbocycles. The minimum Gasteiger partial charge on any atom is -0.462 e. The number of nitrogens with zero attached hydrogens (tertiary/aromatic N) is 3. The number of aryl methyl sites for hydroxylation is 1. The van der Waals surface area contributed by atoms with Crippen LogP contribution < -0.4 is 17.0 Å². The minimum atomic E-state index is -4.91. The van der Waals surface area contributed by atoms with Gasteiger partial charge in [0.25, 0.3) is 11.5 Å². The lowest BCUT2D eigenvalue weighted by Gasteiger charge is -2.15. The predicted octanol–water partition coefficient (Wildman–Crippen LogP) is 1.62. The standard InChI is InChI=1S/C18H16F3N5O5/c1-3-30-17(29)11-7(2)31-15-12(11)13(22)24-10(25-15)6-26-9(18(19,20)21)5-4-8(14(23)27)16(26)28/h4-5H,3,6H2,1-2H3,(H2,23,27)(H2,22,24,25). The number of ether oxygens (including phenoxy) is 1. The SMILES string of the molecule is CCOC(=O)c1c(C)oc2nc(Cn3c(C(F)(F)F)ccc(C(N)=O)c3=O)nc(N)c12. The Morgan fingerprint density at radius 2 is 1.94 bits per heavy atom. The van der Waals surface area contributed by atoms with Crippen molar-refractivity contribution in [3.8, 4) is 0 Å². The zero-order valence-electron chi connectivity index (χ0n) is 16.2. The van der Waals surface area contributed by atoms with E-state index in [4.69, 9.17) is 20.6 Å². The van der Waals surface area contributed by atoms with Crippen LogP contribution in [0, 0.1) is 6.92 Å². The van der Waals surface area contributed by atoms with Crippen LogP contribution in [0.1, 0.15) is 44.9 Å². The number of nitrogens with two attached hydrogens (primary N) is 2. The van der Waals surface area contributed by atoms with E-state index in [0.717, 1.165) is 0 Å². The van der Waals surface area contributed by atoms with Crippen LogP contribution >= 0.6 is 0 Å². The van der Waals surface area contributed by atoms with Crippen LogP contribution in [-0.4, -0.2) is 33.0 Å². The first-order chi connectivity index (χ1) is 14.5. The molecule has 0 spiro atoms. The zero-order valence-corrected chi connectivity index (χ0v) is 16.2. The minimum absolute atomic E-state index is 0.00947. The van der Waals surface area contributed by atoms with Gasteiger partial charge in [-0.05, 0) is 26.0 Å². The van der Waals surface area contributed by atoms with E-state index in [1.54, 1.807) is 6.92 Å². The number of alkyl halides is 3. The van der Waals surface area contributed by atoms with Crippen molar-refractivity contribution in [1.82, 2.24) is 14.5 Å². The highest BCUT2D eigenvalue weighted by Gasteiger charge is 2.35. The molecule has 0 bridgehead atoms. The Bertz CT molecular complexity index is 1260. The zero-order chi connectivity index (χ0) is 23.1. The van der Waals surface area contributed by atoms with Gasteiger partial charge in [-0.3, -0.25) is 14.2 Å². The van der Waals surface area contributed by atoms with Gasteiger partial charge in [-0.1, -0.05) is 0 Å². The largest absolute Gasteiger partial charge is 0.462 e. The highest BCUT2D eigenvalue weighted by molar-refractivity contribution is 6.07. The van der Waals surface area contributed by atoms with E-state index in [-0.39, 0.29) is 45.2 Å².